The number of hydrogen-bond donors (Lipinski definition) is 7. The monoisotopic (exact) mass is 785 g/mol. The van der Waals surface area contributed by atoms with E-state index in [1.807, 2.05) is 12.1 Å². The van der Waals surface area contributed by atoms with Gasteiger partial charge in [-0.3, -0.25) is 29.6 Å². The summed E-state index contributed by atoms with van der Waals surface area (Å²) in [7, 11) is 0. The van der Waals surface area contributed by atoms with Gasteiger partial charge in [0, 0.05) is 78.1 Å². The molecule has 2 heterocycles. The second-order valence-electron chi connectivity index (χ2n) is 14.3. The Labute approximate surface area is 328 Å². The molecule has 2 aliphatic heterocycles. The van der Waals surface area contributed by atoms with Gasteiger partial charge in [0.25, 0.3) is 0 Å². The van der Waals surface area contributed by atoms with Gasteiger partial charge in [0.05, 0.1) is 6.54 Å². The number of amides is 7. The second kappa shape index (κ2) is 22.4. The van der Waals surface area contributed by atoms with Gasteiger partial charge >= 0.3 is 18.2 Å². The number of ether oxygens (including phenoxy) is 2. The van der Waals surface area contributed by atoms with Crippen LogP contribution in [0.3, 0.4) is 0 Å². The molecule has 4 rings (SSSR count). The smallest absolute Gasteiger partial charge is 0.410 e. The highest BCUT2D eigenvalue weighted by Crippen LogP contribution is 2.24. The molecule has 19 heteroatoms. The van der Waals surface area contributed by atoms with Crippen molar-refractivity contribution in [2.45, 2.75) is 89.5 Å². The third-order valence-corrected chi connectivity index (χ3v) is 10.1. The first-order valence-corrected chi connectivity index (χ1v) is 19.6. The quantitative estimate of drug-likeness (QED) is 0.0843. The number of rotatable bonds is 13. The van der Waals surface area contributed by atoms with E-state index < -0.39 is 24.1 Å². The number of urea groups is 1. The molecule has 1 aromatic carbocycles. The van der Waals surface area contributed by atoms with Gasteiger partial charge in [0.15, 0.2) is 5.96 Å². The Balaban J connectivity index is 1.10. The lowest BCUT2D eigenvalue weighted by Crippen LogP contribution is -2.59. The topological polar surface area (TPSA) is 258 Å². The minimum atomic E-state index is -0.715. The van der Waals surface area contributed by atoms with Gasteiger partial charge in [-0.2, -0.15) is 0 Å². The number of carbonyl (C=O) groups excluding carboxylic acids is 6. The molecule has 2 saturated heterocycles. The van der Waals surface area contributed by atoms with Crippen LogP contribution in [-0.2, 0) is 30.4 Å². The van der Waals surface area contributed by atoms with Crippen LogP contribution in [0.1, 0.15) is 70.3 Å². The molecule has 1 atom stereocenters. The van der Waals surface area contributed by atoms with Crippen LogP contribution in [0.25, 0.3) is 0 Å². The number of piperazine rings is 2. The third-order valence-electron chi connectivity index (χ3n) is 10.1. The largest absolute Gasteiger partial charge is 0.446 e. The SMILES string of the molecule is CC(=O)N(CCCCCNC(=O)N1CCN(C(=O)O[C@H]2CCC[C@@H](OC(=O)N3CCNCC3C(=O)NCc3ccc(NC(=N)N)cc3)CCC2)CC1)C(=O)CN. The molecule has 3 aliphatic rings. The van der Waals surface area contributed by atoms with Crippen molar-refractivity contribution in [2.24, 2.45) is 11.5 Å². The number of unbranched alkanes of at least 4 members (excludes halogenated alkanes) is 2. The number of imide groups is 1. The molecule has 0 spiro atoms. The predicted octanol–water partition coefficient (Wildman–Crippen LogP) is 1.08. The number of anilines is 1. The van der Waals surface area contributed by atoms with Crippen LogP contribution >= 0.6 is 0 Å². The minimum Gasteiger partial charge on any atom is -0.446 e. The van der Waals surface area contributed by atoms with E-state index in [4.69, 9.17) is 26.4 Å². The number of benzene rings is 1. The van der Waals surface area contributed by atoms with Crippen molar-refractivity contribution in [3.63, 3.8) is 0 Å². The summed E-state index contributed by atoms with van der Waals surface area (Å²) in [6, 6.07) is 6.25. The Morgan fingerprint density at radius 2 is 1.48 bits per heavy atom. The first-order valence-electron chi connectivity index (χ1n) is 19.6. The molecule has 0 bridgehead atoms. The molecular formula is C37H59N11O8. The summed E-state index contributed by atoms with van der Waals surface area (Å²) >= 11 is 0. The van der Waals surface area contributed by atoms with E-state index >= 15 is 0 Å². The zero-order valence-electron chi connectivity index (χ0n) is 32.4. The van der Waals surface area contributed by atoms with Crippen LogP contribution in [0.15, 0.2) is 24.3 Å². The second-order valence-corrected chi connectivity index (χ2v) is 14.3. The summed E-state index contributed by atoms with van der Waals surface area (Å²) in [4.78, 5) is 81.4. The minimum absolute atomic E-state index is 0.164. The van der Waals surface area contributed by atoms with E-state index in [2.05, 4.69) is 21.3 Å². The molecule has 310 valence electrons. The summed E-state index contributed by atoms with van der Waals surface area (Å²) in [5.74, 6) is -1.18. The van der Waals surface area contributed by atoms with E-state index in [0.29, 0.717) is 116 Å². The maximum Gasteiger partial charge on any atom is 0.410 e. The molecule has 1 aliphatic carbocycles. The summed E-state index contributed by atoms with van der Waals surface area (Å²) in [5.41, 5.74) is 12.2. The van der Waals surface area contributed by atoms with E-state index in [1.54, 1.807) is 21.9 Å². The van der Waals surface area contributed by atoms with E-state index in [9.17, 15) is 28.8 Å². The Hall–Kier alpha value is -5.17. The summed E-state index contributed by atoms with van der Waals surface area (Å²) in [5, 5.41) is 19.0. The number of carbonyl (C=O) groups is 6. The third kappa shape index (κ3) is 13.8. The number of nitrogens with zero attached hydrogens (tertiary/aromatic N) is 4. The van der Waals surface area contributed by atoms with Gasteiger partial charge in [-0.05, 0) is 75.5 Å². The standard InChI is InChI=1S/C37H59N11O8/c1-26(49)47(32(50)23-38)17-4-2-3-15-42-35(52)45-19-21-46(22-20-45)36(53)55-29-7-5-9-30(10-6-8-29)56-37(54)48-18-16-41-25-31(48)33(51)43-24-27-11-13-28(14-12-27)44-34(39)40/h11-14,29-31,41H,2-10,15-25,38H2,1H3,(H,42,52)(H,43,51)(H4,39,40,44)/t29-,30+,31?. The highest BCUT2D eigenvalue weighted by Gasteiger charge is 2.35. The van der Waals surface area contributed by atoms with Crippen molar-refractivity contribution in [3.05, 3.63) is 29.8 Å². The van der Waals surface area contributed by atoms with Crippen molar-refractivity contribution < 1.29 is 38.2 Å². The van der Waals surface area contributed by atoms with Crippen LogP contribution in [0.2, 0.25) is 0 Å². The van der Waals surface area contributed by atoms with Gasteiger partial charge < -0.3 is 52.0 Å². The highest BCUT2D eigenvalue weighted by molar-refractivity contribution is 5.95. The molecule has 3 fully saturated rings. The van der Waals surface area contributed by atoms with Crippen molar-refractivity contribution in [3.8, 4) is 0 Å². The van der Waals surface area contributed by atoms with Gasteiger partial charge in [0.2, 0.25) is 17.7 Å². The van der Waals surface area contributed by atoms with Crippen LogP contribution in [-0.4, -0.2) is 145 Å². The van der Waals surface area contributed by atoms with Crippen molar-refractivity contribution in [2.75, 3.05) is 70.8 Å². The van der Waals surface area contributed by atoms with Crippen molar-refractivity contribution in [1.29, 1.82) is 5.41 Å². The first kappa shape index (κ1) is 43.6. The molecule has 0 radical (unpaired) electrons. The summed E-state index contributed by atoms with van der Waals surface area (Å²) in [6.07, 6.45) is 4.53. The zero-order valence-corrected chi connectivity index (χ0v) is 32.4. The molecule has 9 N–H and O–H groups in total. The lowest BCUT2D eigenvalue weighted by molar-refractivity contribution is -0.142. The molecule has 7 amide bonds. The molecular weight excluding hydrogens is 726 g/mol. The number of nitrogens with two attached hydrogens (primary N) is 2. The van der Waals surface area contributed by atoms with Crippen LogP contribution in [0.4, 0.5) is 20.1 Å². The summed E-state index contributed by atoms with van der Waals surface area (Å²) in [6.45, 7) is 4.87. The zero-order chi connectivity index (χ0) is 40.5. The van der Waals surface area contributed by atoms with Crippen LogP contribution < -0.4 is 32.7 Å². The predicted molar refractivity (Wildman–Crippen MR) is 207 cm³/mol. The lowest BCUT2D eigenvalue weighted by Gasteiger charge is -2.36. The number of hydrogen-bond acceptors (Lipinski definition) is 11. The molecule has 19 nitrogen and oxygen atoms in total. The van der Waals surface area contributed by atoms with Gasteiger partial charge in [-0.15, -0.1) is 0 Å². The van der Waals surface area contributed by atoms with Crippen molar-refractivity contribution >= 4 is 47.6 Å². The fourth-order valence-corrected chi connectivity index (χ4v) is 6.96. The van der Waals surface area contributed by atoms with Crippen LogP contribution in [0.5, 0.6) is 0 Å². The number of nitrogens with one attached hydrogen (secondary N) is 5. The Bertz CT molecular complexity index is 1500. The maximum atomic E-state index is 13.3. The Kier molecular flexibility index (Phi) is 17.4. The molecule has 56 heavy (non-hydrogen) atoms. The molecule has 1 aromatic rings. The molecule has 0 aromatic heterocycles. The van der Waals surface area contributed by atoms with Gasteiger partial charge in [-0.1, -0.05) is 12.1 Å². The summed E-state index contributed by atoms with van der Waals surface area (Å²) < 4.78 is 11.8. The number of guanidine groups is 1. The Morgan fingerprint density at radius 3 is 2.09 bits per heavy atom. The average molecular weight is 786 g/mol. The normalized spacial score (nSPS) is 20.1. The van der Waals surface area contributed by atoms with E-state index in [0.717, 1.165) is 16.9 Å². The Morgan fingerprint density at radius 1 is 0.857 bits per heavy atom. The van der Waals surface area contributed by atoms with E-state index in [1.165, 1.54) is 11.8 Å². The maximum absolute atomic E-state index is 13.3. The van der Waals surface area contributed by atoms with E-state index in [-0.39, 0.29) is 49.1 Å². The molecule has 1 saturated carbocycles. The average Bonchev–Trinajstić information content (AvgIpc) is 3.18. The van der Waals surface area contributed by atoms with Gasteiger partial charge in [-0.25, -0.2) is 14.4 Å². The van der Waals surface area contributed by atoms with Crippen LogP contribution in [0, 0.1) is 5.41 Å². The highest BCUT2D eigenvalue weighted by atomic mass is 16.6. The molecule has 1 unspecified atom stereocenters. The fourth-order valence-electron chi connectivity index (χ4n) is 6.96. The first-order chi connectivity index (χ1) is 26.9. The fraction of sp³-hybridized carbons (Fsp3) is 0.649. The van der Waals surface area contributed by atoms with Crippen molar-refractivity contribution in [1.82, 2.24) is 35.6 Å². The van der Waals surface area contributed by atoms with Gasteiger partial charge in [0.1, 0.15) is 18.2 Å². The lowest BCUT2D eigenvalue weighted by atomic mass is 9.96.